The summed E-state index contributed by atoms with van der Waals surface area (Å²) in [6.07, 6.45) is 1.20. The molecule has 0 saturated carbocycles. The van der Waals surface area contributed by atoms with E-state index in [-0.39, 0.29) is 0 Å². The van der Waals surface area contributed by atoms with E-state index in [0.717, 1.165) is 12.3 Å². The summed E-state index contributed by atoms with van der Waals surface area (Å²) >= 11 is 1.95. The number of anilines is 1. The quantitative estimate of drug-likeness (QED) is 0.717. The minimum absolute atomic E-state index is 0.623. The molecule has 1 aliphatic rings. The Morgan fingerprint density at radius 2 is 1.90 bits per heavy atom. The predicted octanol–water partition coefficient (Wildman–Crippen LogP) is 4.96. The molecule has 3 rings (SSSR count). The first-order chi connectivity index (χ1) is 10.2. The van der Waals surface area contributed by atoms with Crippen LogP contribution in [0.1, 0.15) is 30.9 Å². The van der Waals surface area contributed by atoms with Crippen molar-refractivity contribution in [1.82, 2.24) is 0 Å². The summed E-state index contributed by atoms with van der Waals surface area (Å²) in [5.41, 5.74) is 4.45. The third-order valence-electron chi connectivity index (χ3n) is 4.14. The monoisotopic (exact) mass is 297 g/mol. The minimum Gasteiger partial charge on any atom is -0.370 e. The number of fused-ring (bicyclic) bond motifs is 1. The fourth-order valence-corrected chi connectivity index (χ4v) is 3.77. The highest BCUT2D eigenvalue weighted by Gasteiger charge is 2.19. The number of thioether (sulfide) groups is 1. The second-order valence-electron chi connectivity index (χ2n) is 5.94. The van der Waals surface area contributed by atoms with Gasteiger partial charge in [-0.3, -0.25) is 0 Å². The molecule has 21 heavy (non-hydrogen) atoms. The lowest BCUT2D eigenvalue weighted by Gasteiger charge is -2.19. The second kappa shape index (κ2) is 6.57. The van der Waals surface area contributed by atoms with Crippen LogP contribution < -0.4 is 4.90 Å². The Morgan fingerprint density at radius 1 is 1.10 bits per heavy atom. The molecule has 0 aliphatic carbocycles. The van der Waals surface area contributed by atoms with Crippen molar-refractivity contribution in [1.29, 1.82) is 0 Å². The van der Waals surface area contributed by atoms with Crippen molar-refractivity contribution >= 4 is 17.4 Å². The Labute approximate surface area is 132 Å². The summed E-state index contributed by atoms with van der Waals surface area (Å²) in [6.45, 7) is 6.84. The van der Waals surface area contributed by atoms with Crippen LogP contribution in [0.15, 0.2) is 53.4 Å². The maximum atomic E-state index is 2.54. The Morgan fingerprint density at radius 3 is 2.67 bits per heavy atom. The normalized spacial score (nSPS) is 13.8. The van der Waals surface area contributed by atoms with Gasteiger partial charge in [0, 0.05) is 29.4 Å². The van der Waals surface area contributed by atoms with Gasteiger partial charge in [0.25, 0.3) is 0 Å². The number of hydrogen-bond donors (Lipinski definition) is 0. The minimum atomic E-state index is 0.623. The van der Waals surface area contributed by atoms with Gasteiger partial charge in [-0.05, 0) is 41.7 Å². The Hall–Kier alpha value is -1.41. The van der Waals surface area contributed by atoms with Gasteiger partial charge in [0.05, 0.1) is 0 Å². The van der Waals surface area contributed by atoms with E-state index in [0.29, 0.717) is 5.92 Å². The van der Waals surface area contributed by atoms with Crippen LogP contribution in [0.3, 0.4) is 0 Å². The number of hydrogen-bond acceptors (Lipinski definition) is 2. The summed E-state index contributed by atoms with van der Waals surface area (Å²) < 4.78 is 0. The molecule has 0 fully saturated rings. The van der Waals surface area contributed by atoms with Crippen molar-refractivity contribution in [2.75, 3.05) is 23.7 Å². The van der Waals surface area contributed by atoms with Crippen molar-refractivity contribution in [2.45, 2.75) is 31.1 Å². The predicted molar refractivity (Wildman–Crippen MR) is 93.6 cm³/mol. The molecule has 0 spiro atoms. The molecule has 1 heterocycles. The van der Waals surface area contributed by atoms with E-state index in [4.69, 9.17) is 0 Å². The molecule has 0 amide bonds. The molecule has 0 aromatic heterocycles. The van der Waals surface area contributed by atoms with Crippen LogP contribution in [-0.4, -0.2) is 18.8 Å². The van der Waals surface area contributed by atoms with Crippen molar-refractivity contribution in [3.05, 3.63) is 59.7 Å². The molecule has 0 N–H and O–H groups in total. The summed E-state index contributed by atoms with van der Waals surface area (Å²) in [5.74, 6) is 1.77. The number of rotatable bonds is 5. The first kappa shape index (κ1) is 14.5. The molecular formula is C19H23NS. The molecule has 2 aromatic carbocycles. The van der Waals surface area contributed by atoms with Crippen LogP contribution in [0.4, 0.5) is 5.69 Å². The first-order valence-corrected chi connectivity index (χ1v) is 8.78. The van der Waals surface area contributed by atoms with Gasteiger partial charge in [0.1, 0.15) is 0 Å². The summed E-state index contributed by atoms with van der Waals surface area (Å²) in [6, 6.07) is 17.7. The van der Waals surface area contributed by atoms with Gasteiger partial charge in [-0.15, -0.1) is 11.8 Å². The van der Waals surface area contributed by atoms with Gasteiger partial charge in [-0.25, -0.2) is 0 Å². The fraction of sp³-hybridized carbons (Fsp3) is 0.368. The molecule has 0 unspecified atom stereocenters. The van der Waals surface area contributed by atoms with Crippen LogP contribution in [0.5, 0.6) is 0 Å². The average molecular weight is 297 g/mol. The van der Waals surface area contributed by atoms with E-state index in [9.17, 15) is 0 Å². The van der Waals surface area contributed by atoms with Crippen molar-refractivity contribution in [2.24, 2.45) is 0 Å². The molecule has 2 heteroatoms. The Balaban J connectivity index is 1.60. The maximum Gasteiger partial charge on any atom is 0.0400 e. The Kier molecular flexibility index (Phi) is 4.54. The van der Waals surface area contributed by atoms with Gasteiger partial charge in [0.15, 0.2) is 0 Å². The zero-order valence-electron chi connectivity index (χ0n) is 12.9. The van der Waals surface area contributed by atoms with Crippen molar-refractivity contribution < 1.29 is 0 Å². The molecule has 0 saturated heterocycles. The van der Waals surface area contributed by atoms with Gasteiger partial charge >= 0.3 is 0 Å². The smallest absolute Gasteiger partial charge is 0.0400 e. The lowest BCUT2D eigenvalue weighted by atomic mass is 10.00. The van der Waals surface area contributed by atoms with Gasteiger partial charge < -0.3 is 4.90 Å². The van der Waals surface area contributed by atoms with Crippen molar-refractivity contribution in [3.8, 4) is 0 Å². The fourth-order valence-electron chi connectivity index (χ4n) is 2.87. The zero-order chi connectivity index (χ0) is 14.7. The highest BCUT2D eigenvalue weighted by atomic mass is 32.2. The van der Waals surface area contributed by atoms with Crippen LogP contribution in [0.2, 0.25) is 0 Å². The molecule has 2 aromatic rings. The van der Waals surface area contributed by atoms with Gasteiger partial charge in [-0.1, -0.05) is 44.2 Å². The highest BCUT2D eigenvalue weighted by molar-refractivity contribution is 7.99. The molecule has 0 bridgehead atoms. The second-order valence-corrected chi connectivity index (χ2v) is 7.11. The molecule has 0 atom stereocenters. The topological polar surface area (TPSA) is 3.24 Å². The van der Waals surface area contributed by atoms with E-state index in [1.54, 1.807) is 0 Å². The van der Waals surface area contributed by atoms with Crippen LogP contribution in [0, 0.1) is 0 Å². The molecule has 110 valence electrons. The number of nitrogens with zero attached hydrogens (tertiary/aromatic N) is 1. The van der Waals surface area contributed by atoms with E-state index >= 15 is 0 Å². The molecular weight excluding hydrogens is 274 g/mol. The standard InChI is InChI=1S/C19H23NS/c1-15(2)16-8-9-19-17(14-16)10-11-20(19)12-13-21-18-6-4-3-5-7-18/h3-9,14-15H,10-13H2,1-2H3. The summed E-state index contributed by atoms with van der Waals surface area (Å²) in [5, 5.41) is 0. The van der Waals surface area contributed by atoms with Crippen LogP contribution in [-0.2, 0) is 6.42 Å². The van der Waals surface area contributed by atoms with Crippen LogP contribution >= 0.6 is 11.8 Å². The Bertz CT molecular complexity index is 592. The van der Waals surface area contributed by atoms with E-state index < -0.39 is 0 Å². The molecule has 1 nitrogen and oxygen atoms in total. The average Bonchev–Trinajstić information content (AvgIpc) is 2.91. The first-order valence-electron chi connectivity index (χ1n) is 7.79. The zero-order valence-corrected chi connectivity index (χ0v) is 13.7. The lowest BCUT2D eigenvalue weighted by molar-refractivity contribution is 0.863. The summed E-state index contributed by atoms with van der Waals surface area (Å²) in [4.78, 5) is 3.90. The van der Waals surface area contributed by atoms with Gasteiger partial charge in [-0.2, -0.15) is 0 Å². The molecule has 1 aliphatic heterocycles. The van der Waals surface area contributed by atoms with Crippen molar-refractivity contribution in [3.63, 3.8) is 0 Å². The highest BCUT2D eigenvalue weighted by Crippen LogP contribution is 2.31. The third kappa shape index (κ3) is 3.44. The largest absolute Gasteiger partial charge is 0.370 e. The molecule has 0 radical (unpaired) electrons. The maximum absolute atomic E-state index is 2.54. The summed E-state index contributed by atoms with van der Waals surface area (Å²) in [7, 11) is 0. The third-order valence-corrected chi connectivity index (χ3v) is 5.13. The SMILES string of the molecule is CC(C)c1ccc2c(c1)CCN2CCSc1ccccc1. The number of benzene rings is 2. The van der Waals surface area contributed by atoms with E-state index in [2.05, 4.69) is 67.3 Å². The van der Waals surface area contributed by atoms with Gasteiger partial charge in [0.2, 0.25) is 0 Å². The van der Waals surface area contributed by atoms with E-state index in [1.807, 2.05) is 11.8 Å². The van der Waals surface area contributed by atoms with Crippen LogP contribution in [0.25, 0.3) is 0 Å². The lowest BCUT2D eigenvalue weighted by Crippen LogP contribution is -2.23. The van der Waals surface area contributed by atoms with E-state index in [1.165, 1.54) is 34.7 Å².